The fourth-order valence-corrected chi connectivity index (χ4v) is 2.53. The number of aromatic nitrogens is 1. The zero-order chi connectivity index (χ0) is 16.9. The first-order valence-electron chi connectivity index (χ1n) is 7.53. The minimum Gasteiger partial charge on any atom is -0.481 e. The molecule has 1 amide bonds. The van der Waals surface area contributed by atoms with Gasteiger partial charge >= 0.3 is 5.97 Å². The number of benzene rings is 2. The molecular weight excluding hydrogens is 308 g/mol. The highest BCUT2D eigenvalue weighted by Crippen LogP contribution is 2.18. The highest BCUT2D eigenvalue weighted by atomic mass is 16.5. The quantitative estimate of drug-likeness (QED) is 0.726. The third kappa shape index (κ3) is 3.43. The lowest BCUT2D eigenvalue weighted by molar-refractivity contribution is -0.138. The van der Waals surface area contributed by atoms with Crippen molar-refractivity contribution in [3.8, 4) is 0 Å². The summed E-state index contributed by atoms with van der Waals surface area (Å²) in [5.41, 5.74) is 1.81. The Morgan fingerprint density at radius 3 is 2.54 bits per heavy atom. The first-order valence-corrected chi connectivity index (χ1v) is 7.53. The molecule has 0 bridgehead atoms. The second-order valence-corrected chi connectivity index (χ2v) is 5.41. The minimum atomic E-state index is -0.978. The molecule has 1 heterocycles. The lowest BCUT2D eigenvalue weighted by atomic mass is 9.99. The highest BCUT2D eigenvalue weighted by molar-refractivity contribution is 5.86. The largest absolute Gasteiger partial charge is 0.481 e. The summed E-state index contributed by atoms with van der Waals surface area (Å²) in [6.07, 6.45) is 0.0398. The van der Waals surface area contributed by atoms with Crippen LogP contribution in [0.5, 0.6) is 0 Å². The maximum atomic E-state index is 12.1. The van der Waals surface area contributed by atoms with Gasteiger partial charge in [-0.25, -0.2) is 0 Å². The summed E-state index contributed by atoms with van der Waals surface area (Å²) in [6, 6.07) is 16.1. The lowest BCUT2D eigenvalue weighted by Crippen LogP contribution is -2.32. The lowest BCUT2D eigenvalue weighted by Gasteiger charge is -2.13. The van der Waals surface area contributed by atoms with Gasteiger partial charge in [-0.15, -0.1) is 0 Å². The molecule has 0 saturated heterocycles. The SMILES string of the molecule is O=C(Cc1noc2ccccc12)NC[C@H](C(=O)O)c1ccccc1. The second kappa shape index (κ2) is 6.95. The summed E-state index contributed by atoms with van der Waals surface area (Å²) in [4.78, 5) is 23.6. The van der Waals surface area contributed by atoms with E-state index >= 15 is 0 Å². The van der Waals surface area contributed by atoms with Gasteiger partial charge in [0.15, 0.2) is 5.58 Å². The van der Waals surface area contributed by atoms with Crippen molar-refractivity contribution >= 4 is 22.8 Å². The summed E-state index contributed by atoms with van der Waals surface area (Å²) in [7, 11) is 0. The van der Waals surface area contributed by atoms with E-state index in [0.717, 1.165) is 5.39 Å². The van der Waals surface area contributed by atoms with Gasteiger partial charge in [0.05, 0.1) is 12.3 Å². The summed E-state index contributed by atoms with van der Waals surface area (Å²) >= 11 is 0. The van der Waals surface area contributed by atoms with Crippen molar-refractivity contribution in [1.82, 2.24) is 10.5 Å². The number of carboxylic acids is 1. The van der Waals surface area contributed by atoms with Crippen LogP contribution in [0.25, 0.3) is 11.0 Å². The molecule has 0 aliphatic rings. The van der Waals surface area contributed by atoms with Crippen LogP contribution >= 0.6 is 0 Å². The van der Waals surface area contributed by atoms with Gasteiger partial charge in [-0.2, -0.15) is 0 Å². The molecule has 0 unspecified atom stereocenters. The first kappa shape index (κ1) is 15.7. The molecule has 0 aliphatic heterocycles. The van der Waals surface area contributed by atoms with E-state index in [1.54, 1.807) is 30.3 Å². The third-order valence-electron chi connectivity index (χ3n) is 3.78. The van der Waals surface area contributed by atoms with E-state index in [2.05, 4.69) is 10.5 Å². The fraction of sp³-hybridized carbons (Fsp3) is 0.167. The minimum absolute atomic E-state index is 0.0218. The van der Waals surface area contributed by atoms with Crippen molar-refractivity contribution in [3.63, 3.8) is 0 Å². The number of hydrogen-bond donors (Lipinski definition) is 2. The zero-order valence-electron chi connectivity index (χ0n) is 12.8. The molecule has 3 aromatic rings. The van der Waals surface area contributed by atoms with Gasteiger partial charge in [-0.1, -0.05) is 47.6 Å². The molecule has 2 aromatic carbocycles. The summed E-state index contributed by atoms with van der Waals surface area (Å²) in [6.45, 7) is 0.0218. The molecule has 1 atom stereocenters. The van der Waals surface area contributed by atoms with Crippen LogP contribution in [0.15, 0.2) is 59.1 Å². The summed E-state index contributed by atoms with van der Waals surface area (Å²) in [5.74, 6) is -2.06. The Kier molecular flexibility index (Phi) is 4.56. The van der Waals surface area contributed by atoms with Crippen molar-refractivity contribution in [3.05, 3.63) is 65.9 Å². The third-order valence-corrected chi connectivity index (χ3v) is 3.78. The molecule has 0 radical (unpaired) electrons. The van der Waals surface area contributed by atoms with E-state index in [0.29, 0.717) is 16.8 Å². The van der Waals surface area contributed by atoms with Crippen LogP contribution in [0.4, 0.5) is 0 Å². The smallest absolute Gasteiger partial charge is 0.312 e. The number of rotatable bonds is 6. The van der Waals surface area contributed by atoms with E-state index in [1.165, 1.54) is 0 Å². The van der Waals surface area contributed by atoms with Crippen LogP contribution in [0, 0.1) is 0 Å². The summed E-state index contributed by atoms with van der Waals surface area (Å²) < 4.78 is 5.16. The van der Waals surface area contributed by atoms with Gasteiger partial charge in [-0.05, 0) is 17.7 Å². The predicted octanol–water partition coefficient (Wildman–Crippen LogP) is 2.35. The number of nitrogens with zero attached hydrogens (tertiary/aromatic N) is 1. The Labute approximate surface area is 138 Å². The molecule has 0 aliphatic carbocycles. The van der Waals surface area contributed by atoms with E-state index in [-0.39, 0.29) is 18.9 Å². The normalized spacial score (nSPS) is 12.0. The van der Waals surface area contributed by atoms with Crippen LogP contribution in [0.3, 0.4) is 0 Å². The summed E-state index contributed by atoms with van der Waals surface area (Å²) in [5, 5.41) is 16.7. The van der Waals surface area contributed by atoms with Gasteiger partial charge < -0.3 is 14.9 Å². The number of carbonyl (C=O) groups is 2. The molecule has 0 fully saturated rings. The monoisotopic (exact) mass is 324 g/mol. The van der Waals surface area contributed by atoms with E-state index in [9.17, 15) is 14.7 Å². The Bertz CT molecular complexity index is 858. The molecule has 0 saturated carbocycles. The number of hydrogen-bond acceptors (Lipinski definition) is 4. The number of nitrogens with one attached hydrogen (secondary N) is 1. The topological polar surface area (TPSA) is 92.4 Å². The van der Waals surface area contributed by atoms with Crippen LogP contribution in [0.1, 0.15) is 17.2 Å². The Morgan fingerprint density at radius 1 is 1.08 bits per heavy atom. The van der Waals surface area contributed by atoms with Gasteiger partial charge in [0.1, 0.15) is 5.69 Å². The average molecular weight is 324 g/mol. The zero-order valence-corrected chi connectivity index (χ0v) is 12.8. The Morgan fingerprint density at radius 2 is 1.79 bits per heavy atom. The Balaban J connectivity index is 1.65. The Hall–Kier alpha value is -3.15. The van der Waals surface area contributed by atoms with Crippen LogP contribution in [-0.4, -0.2) is 28.7 Å². The number of para-hydroxylation sites is 1. The van der Waals surface area contributed by atoms with Crippen molar-refractivity contribution < 1.29 is 19.2 Å². The molecular formula is C18H16N2O4. The van der Waals surface area contributed by atoms with Crippen molar-refractivity contribution in [2.24, 2.45) is 0 Å². The molecule has 24 heavy (non-hydrogen) atoms. The van der Waals surface area contributed by atoms with Crippen LogP contribution < -0.4 is 5.32 Å². The molecule has 3 rings (SSSR count). The van der Waals surface area contributed by atoms with E-state index in [1.807, 2.05) is 24.3 Å². The number of amides is 1. The molecule has 2 N–H and O–H groups in total. The van der Waals surface area contributed by atoms with Gasteiger partial charge in [-0.3, -0.25) is 9.59 Å². The maximum Gasteiger partial charge on any atom is 0.312 e. The number of fused-ring (bicyclic) bond motifs is 1. The molecule has 6 heteroatoms. The molecule has 122 valence electrons. The van der Waals surface area contributed by atoms with Crippen molar-refractivity contribution in [1.29, 1.82) is 0 Å². The van der Waals surface area contributed by atoms with Crippen LogP contribution in [0.2, 0.25) is 0 Å². The predicted molar refractivity (Wildman–Crippen MR) is 87.5 cm³/mol. The molecule has 6 nitrogen and oxygen atoms in total. The van der Waals surface area contributed by atoms with Gasteiger partial charge in [0.2, 0.25) is 5.91 Å². The highest BCUT2D eigenvalue weighted by Gasteiger charge is 2.21. The maximum absolute atomic E-state index is 12.1. The van der Waals surface area contributed by atoms with E-state index < -0.39 is 11.9 Å². The second-order valence-electron chi connectivity index (χ2n) is 5.41. The fourth-order valence-electron chi connectivity index (χ4n) is 2.53. The van der Waals surface area contributed by atoms with Gasteiger partial charge in [0.25, 0.3) is 0 Å². The molecule has 0 spiro atoms. The van der Waals surface area contributed by atoms with E-state index in [4.69, 9.17) is 4.52 Å². The van der Waals surface area contributed by atoms with Crippen molar-refractivity contribution in [2.45, 2.75) is 12.3 Å². The standard InChI is InChI=1S/C18H16N2O4/c21-17(10-15-13-8-4-5-9-16(13)24-20-15)19-11-14(18(22)23)12-6-2-1-3-7-12/h1-9,14H,10-11H2,(H,19,21)(H,22,23)/t14-/m0/s1. The van der Waals surface area contributed by atoms with Crippen LogP contribution in [-0.2, 0) is 16.0 Å². The van der Waals surface area contributed by atoms with Crippen molar-refractivity contribution in [2.75, 3.05) is 6.54 Å². The number of aliphatic carboxylic acids is 1. The first-order chi connectivity index (χ1) is 11.6. The average Bonchev–Trinajstić information content (AvgIpc) is 2.99. The number of carbonyl (C=O) groups excluding carboxylic acids is 1. The van der Waals surface area contributed by atoms with Gasteiger partial charge in [0, 0.05) is 11.9 Å². The number of carboxylic acid groups (broad SMARTS) is 1. The molecule has 1 aromatic heterocycles.